The molecule has 0 radical (unpaired) electrons. The molecule has 4 rings (SSSR count). The molecule has 1 aliphatic rings. The molecule has 0 aliphatic heterocycles. The highest BCUT2D eigenvalue weighted by Crippen LogP contribution is 2.34. The summed E-state index contributed by atoms with van der Waals surface area (Å²) in [5, 5.41) is 4.82. The van der Waals surface area contributed by atoms with Gasteiger partial charge in [-0.1, -0.05) is 81.0 Å². The van der Waals surface area contributed by atoms with Crippen molar-refractivity contribution in [1.82, 2.24) is 4.90 Å². The molecule has 5 nitrogen and oxygen atoms in total. The van der Waals surface area contributed by atoms with Crippen molar-refractivity contribution >= 4 is 58.5 Å². The van der Waals surface area contributed by atoms with Crippen LogP contribution in [-0.4, -0.2) is 37.2 Å². The lowest BCUT2D eigenvalue weighted by Gasteiger charge is -2.22. The minimum absolute atomic E-state index is 0. The summed E-state index contributed by atoms with van der Waals surface area (Å²) in [6.45, 7) is 2.70. The van der Waals surface area contributed by atoms with Crippen molar-refractivity contribution in [1.29, 1.82) is 0 Å². The number of nitrogens with zero attached hydrogens (tertiary/aromatic N) is 1. The molecule has 0 atom stereocenters. The highest BCUT2D eigenvalue weighted by atomic mass is 35.5. The molecule has 1 amide bonds. The summed E-state index contributed by atoms with van der Waals surface area (Å²) in [7, 11) is 0. The third-order valence-corrected chi connectivity index (χ3v) is 7.23. The van der Waals surface area contributed by atoms with Crippen LogP contribution in [0.15, 0.2) is 48.5 Å². The molecule has 0 spiro atoms. The Balaban J connectivity index is 0.00000253. The second-order valence-electron chi connectivity index (χ2n) is 9.90. The highest BCUT2D eigenvalue weighted by Gasteiger charge is 2.16. The molecular formula is C31H43Cl2N3O2. The standard InChI is InChI=1S/C31H41N3O2.2ClH/c32-19-7-5-3-1-2-4-6-8-21-34(22-10-20-33)31(35)36-26-15-18-28-25(23-26)14-17-29-27-12-9-11-24(27)13-16-30(28)29;;/h9,11,13-18,23H,1-8,10,12,19-22,32-33H2;2*1H. The van der Waals surface area contributed by atoms with Crippen molar-refractivity contribution in [2.24, 2.45) is 11.5 Å². The number of unbranched alkanes of at least 4 members (excludes halogenated alkanes) is 7. The van der Waals surface area contributed by atoms with Crippen molar-refractivity contribution < 1.29 is 9.53 Å². The average Bonchev–Trinajstić information content (AvgIpc) is 3.38. The first-order valence-electron chi connectivity index (χ1n) is 13.7. The Hall–Kier alpha value is -2.31. The molecule has 0 bridgehead atoms. The van der Waals surface area contributed by atoms with Crippen LogP contribution in [0.1, 0.15) is 68.9 Å². The van der Waals surface area contributed by atoms with Gasteiger partial charge in [-0.2, -0.15) is 0 Å². The Morgan fingerprint density at radius 2 is 1.37 bits per heavy atom. The predicted molar refractivity (Wildman–Crippen MR) is 166 cm³/mol. The first-order valence-corrected chi connectivity index (χ1v) is 13.7. The Bertz CT molecular complexity index is 1200. The third-order valence-electron chi connectivity index (χ3n) is 7.23. The number of carbonyl (C=O) groups is 1. The number of rotatable bonds is 14. The number of allylic oxidation sites excluding steroid dienone is 1. The number of benzene rings is 3. The van der Waals surface area contributed by atoms with E-state index in [4.69, 9.17) is 16.2 Å². The second kappa shape index (κ2) is 16.6. The number of amides is 1. The van der Waals surface area contributed by atoms with E-state index < -0.39 is 0 Å². The number of halogens is 2. The van der Waals surface area contributed by atoms with Crippen LogP contribution in [0.2, 0.25) is 0 Å². The van der Waals surface area contributed by atoms with Gasteiger partial charge in [-0.25, -0.2) is 4.79 Å². The summed E-state index contributed by atoms with van der Waals surface area (Å²) in [5.74, 6) is 0.588. The molecule has 7 heteroatoms. The summed E-state index contributed by atoms with van der Waals surface area (Å²) < 4.78 is 5.83. The topological polar surface area (TPSA) is 81.6 Å². The molecule has 1 aliphatic carbocycles. The van der Waals surface area contributed by atoms with E-state index in [1.165, 1.54) is 59.4 Å². The van der Waals surface area contributed by atoms with E-state index in [0.29, 0.717) is 25.4 Å². The van der Waals surface area contributed by atoms with Crippen LogP contribution in [0.4, 0.5) is 4.79 Å². The maximum atomic E-state index is 13.0. The van der Waals surface area contributed by atoms with E-state index in [-0.39, 0.29) is 30.9 Å². The average molecular weight is 561 g/mol. The molecule has 3 aromatic carbocycles. The summed E-state index contributed by atoms with van der Waals surface area (Å²) >= 11 is 0. The van der Waals surface area contributed by atoms with Gasteiger partial charge in [0.2, 0.25) is 0 Å². The molecule has 0 fully saturated rings. The first kappa shape index (κ1) is 31.9. The third kappa shape index (κ3) is 8.34. The van der Waals surface area contributed by atoms with Crippen LogP contribution in [0.3, 0.4) is 0 Å². The normalized spacial score (nSPS) is 11.7. The zero-order chi connectivity index (χ0) is 25.2. The van der Waals surface area contributed by atoms with E-state index in [1.54, 1.807) is 0 Å². The summed E-state index contributed by atoms with van der Waals surface area (Å²) in [5.41, 5.74) is 14.0. The van der Waals surface area contributed by atoms with Gasteiger partial charge >= 0.3 is 6.09 Å². The van der Waals surface area contributed by atoms with Gasteiger partial charge in [0.25, 0.3) is 0 Å². The Kier molecular flexibility index (Phi) is 13.9. The lowest BCUT2D eigenvalue weighted by Crippen LogP contribution is -2.36. The summed E-state index contributed by atoms with van der Waals surface area (Å²) in [6.07, 6.45) is 15.4. The van der Waals surface area contributed by atoms with E-state index in [1.807, 2.05) is 17.0 Å². The number of ether oxygens (including phenoxy) is 1. The lowest BCUT2D eigenvalue weighted by molar-refractivity contribution is 0.151. The van der Waals surface area contributed by atoms with Crippen molar-refractivity contribution in [2.45, 2.75) is 64.2 Å². The Morgan fingerprint density at radius 3 is 2.11 bits per heavy atom. The quantitative estimate of drug-likeness (QED) is 0.157. The Labute approximate surface area is 239 Å². The van der Waals surface area contributed by atoms with Crippen LogP contribution >= 0.6 is 24.8 Å². The zero-order valence-corrected chi connectivity index (χ0v) is 24.0. The van der Waals surface area contributed by atoms with E-state index in [9.17, 15) is 4.79 Å². The molecule has 0 saturated carbocycles. The van der Waals surface area contributed by atoms with Gasteiger partial charge in [0.1, 0.15) is 5.75 Å². The van der Waals surface area contributed by atoms with Crippen molar-refractivity contribution in [3.05, 3.63) is 59.7 Å². The van der Waals surface area contributed by atoms with Crippen LogP contribution in [0.25, 0.3) is 27.6 Å². The number of fused-ring (bicyclic) bond motifs is 5. The van der Waals surface area contributed by atoms with Gasteiger partial charge in [-0.15, -0.1) is 24.8 Å². The smallest absolute Gasteiger partial charge is 0.410 e. The van der Waals surface area contributed by atoms with E-state index >= 15 is 0 Å². The highest BCUT2D eigenvalue weighted by molar-refractivity contribution is 6.10. The van der Waals surface area contributed by atoms with Gasteiger partial charge in [-0.05, 0) is 83.6 Å². The fourth-order valence-corrected chi connectivity index (χ4v) is 5.20. The Morgan fingerprint density at radius 1 is 0.737 bits per heavy atom. The molecule has 0 saturated heterocycles. The van der Waals surface area contributed by atoms with Gasteiger partial charge < -0.3 is 21.1 Å². The van der Waals surface area contributed by atoms with Gasteiger partial charge in [0.05, 0.1) is 0 Å². The van der Waals surface area contributed by atoms with Crippen LogP contribution in [0.5, 0.6) is 5.75 Å². The molecule has 38 heavy (non-hydrogen) atoms. The molecule has 0 heterocycles. The fourth-order valence-electron chi connectivity index (χ4n) is 5.20. The number of carbonyl (C=O) groups excluding carboxylic acids is 1. The van der Waals surface area contributed by atoms with Crippen molar-refractivity contribution in [3.63, 3.8) is 0 Å². The zero-order valence-electron chi connectivity index (χ0n) is 22.3. The molecule has 208 valence electrons. The minimum atomic E-state index is -0.283. The predicted octanol–water partition coefficient (Wildman–Crippen LogP) is 7.64. The summed E-state index contributed by atoms with van der Waals surface area (Å²) in [4.78, 5) is 14.8. The van der Waals surface area contributed by atoms with Crippen LogP contribution < -0.4 is 16.2 Å². The van der Waals surface area contributed by atoms with Crippen molar-refractivity contribution in [3.8, 4) is 5.75 Å². The second-order valence-corrected chi connectivity index (χ2v) is 9.90. The summed E-state index contributed by atoms with van der Waals surface area (Å²) in [6, 6.07) is 14.7. The maximum absolute atomic E-state index is 13.0. The first-order chi connectivity index (χ1) is 17.7. The van der Waals surface area contributed by atoms with Crippen molar-refractivity contribution in [2.75, 3.05) is 26.2 Å². The molecular weight excluding hydrogens is 517 g/mol. The molecule has 4 N–H and O–H groups in total. The van der Waals surface area contributed by atoms with Gasteiger partial charge in [0.15, 0.2) is 0 Å². The maximum Gasteiger partial charge on any atom is 0.415 e. The molecule has 0 unspecified atom stereocenters. The lowest BCUT2D eigenvalue weighted by atomic mass is 9.96. The monoisotopic (exact) mass is 559 g/mol. The number of hydrogen-bond donors (Lipinski definition) is 2. The van der Waals surface area contributed by atoms with Gasteiger partial charge in [-0.3, -0.25) is 0 Å². The largest absolute Gasteiger partial charge is 0.415 e. The van der Waals surface area contributed by atoms with E-state index in [2.05, 4.69) is 42.5 Å². The molecule has 3 aromatic rings. The van der Waals surface area contributed by atoms with E-state index in [0.717, 1.165) is 44.0 Å². The van der Waals surface area contributed by atoms with Crippen LogP contribution in [-0.2, 0) is 6.42 Å². The number of hydrogen-bond acceptors (Lipinski definition) is 4. The SMILES string of the molecule is Cl.Cl.NCCCCCCCCCCN(CCCN)C(=O)Oc1ccc2c(ccc3c4c(ccc32)C=CC4)c1. The number of nitrogens with two attached hydrogens (primary N) is 2. The molecule has 0 aromatic heterocycles. The van der Waals surface area contributed by atoms with Gasteiger partial charge in [0, 0.05) is 13.1 Å². The minimum Gasteiger partial charge on any atom is -0.410 e. The van der Waals surface area contributed by atoms with Crippen LogP contribution in [0, 0.1) is 0 Å². The fraction of sp³-hybridized carbons (Fsp3) is 0.452.